The molecule has 0 saturated carbocycles. The molecule has 0 fully saturated rings. The van der Waals surface area contributed by atoms with E-state index in [4.69, 9.17) is 16.0 Å². The zero-order valence-corrected chi connectivity index (χ0v) is 9.66. The Labute approximate surface area is 94.3 Å². The fourth-order valence-electron chi connectivity index (χ4n) is 1.20. The molecule has 90 valence electrons. The summed E-state index contributed by atoms with van der Waals surface area (Å²) in [5, 5.41) is 16.8. The summed E-state index contributed by atoms with van der Waals surface area (Å²) in [4.78, 5) is -0.0761. The van der Waals surface area contributed by atoms with E-state index < -0.39 is 10.0 Å². The maximum absolute atomic E-state index is 11.3. The van der Waals surface area contributed by atoms with Crippen LogP contribution in [0.3, 0.4) is 0 Å². The monoisotopic (exact) mass is 245 g/mol. The summed E-state index contributed by atoms with van der Waals surface area (Å²) in [5.41, 5.74) is 6.13. The molecule has 7 heteroatoms. The highest BCUT2D eigenvalue weighted by molar-refractivity contribution is 7.89. The van der Waals surface area contributed by atoms with Crippen LogP contribution in [-0.4, -0.2) is 26.2 Å². The van der Waals surface area contributed by atoms with Gasteiger partial charge < -0.3 is 16.2 Å². The number of nitrogens with one attached hydrogen (secondary N) is 1. The highest BCUT2D eigenvalue weighted by atomic mass is 32.2. The van der Waals surface area contributed by atoms with E-state index in [1.54, 1.807) is 13.0 Å². The molecule has 1 atom stereocenters. The summed E-state index contributed by atoms with van der Waals surface area (Å²) >= 11 is 0. The molecule has 1 rings (SSSR count). The minimum atomic E-state index is -3.83. The van der Waals surface area contributed by atoms with Crippen LogP contribution in [-0.2, 0) is 10.0 Å². The van der Waals surface area contributed by atoms with Crippen LogP contribution in [0, 0.1) is 0 Å². The van der Waals surface area contributed by atoms with Gasteiger partial charge in [0.15, 0.2) is 0 Å². The lowest BCUT2D eigenvalue weighted by atomic mass is 10.2. The first-order valence-corrected chi connectivity index (χ1v) is 6.19. The number of hydrogen-bond donors (Lipinski definition) is 4. The molecule has 0 radical (unpaired) electrons. The van der Waals surface area contributed by atoms with Crippen molar-refractivity contribution in [1.82, 2.24) is 0 Å². The fraction of sp³-hybridized carbons (Fsp3) is 0.333. The molecule has 0 spiro atoms. The van der Waals surface area contributed by atoms with Crippen LogP contribution in [0.2, 0.25) is 0 Å². The third kappa shape index (κ3) is 3.09. The first-order chi connectivity index (χ1) is 7.34. The minimum absolute atomic E-state index is 0.0761. The lowest BCUT2D eigenvalue weighted by molar-refractivity contribution is 0.281. The zero-order valence-electron chi connectivity index (χ0n) is 8.84. The van der Waals surface area contributed by atoms with E-state index in [1.807, 2.05) is 0 Å². The van der Waals surface area contributed by atoms with Crippen molar-refractivity contribution in [1.29, 1.82) is 0 Å². The van der Waals surface area contributed by atoms with E-state index in [9.17, 15) is 8.42 Å². The van der Waals surface area contributed by atoms with Gasteiger partial charge in [-0.2, -0.15) is 0 Å². The predicted molar refractivity (Wildman–Crippen MR) is 62.4 cm³/mol. The number of anilines is 2. The number of nitrogen functional groups attached to an aromatic ring is 1. The Morgan fingerprint density at radius 3 is 2.62 bits per heavy atom. The van der Waals surface area contributed by atoms with Gasteiger partial charge in [0.2, 0.25) is 10.0 Å². The normalized spacial score (nSPS) is 13.4. The third-order valence-corrected chi connectivity index (χ3v) is 2.94. The molecule has 0 bridgehead atoms. The van der Waals surface area contributed by atoms with E-state index in [2.05, 4.69) is 5.32 Å². The summed E-state index contributed by atoms with van der Waals surface area (Å²) in [7, 11) is -3.83. The Bertz CT molecular complexity index is 473. The maximum atomic E-state index is 11.3. The average Bonchev–Trinajstić information content (AvgIpc) is 2.19. The molecule has 0 aliphatic carbocycles. The van der Waals surface area contributed by atoms with E-state index in [-0.39, 0.29) is 17.5 Å². The van der Waals surface area contributed by atoms with Crippen molar-refractivity contribution in [3.63, 3.8) is 0 Å². The molecule has 16 heavy (non-hydrogen) atoms. The van der Waals surface area contributed by atoms with Crippen LogP contribution >= 0.6 is 0 Å². The largest absolute Gasteiger partial charge is 0.399 e. The summed E-state index contributed by atoms with van der Waals surface area (Å²) in [6, 6.07) is 4.08. The lowest BCUT2D eigenvalue weighted by Crippen LogP contribution is -2.22. The number of aliphatic hydroxyl groups is 1. The Morgan fingerprint density at radius 2 is 2.12 bits per heavy atom. The summed E-state index contributed by atoms with van der Waals surface area (Å²) in [6.07, 6.45) is 0. The Kier molecular flexibility index (Phi) is 3.74. The molecule has 0 heterocycles. The Balaban J connectivity index is 3.19. The van der Waals surface area contributed by atoms with Gasteiger partial charge in [0, 0.05) is 11.7 Å². The number of rotatable bonds is 4. The number of primary sulfonamides is 1. The molecule has 0 aliphatic rings. The first-order valence-electron chi connectivity index (χ1n) is 4.64. The second kappa shape index (κ2) is 4.69. The van der Waals surface area contributed by atoms with Crippen LogP contribution in [0.1, 0.15) is 6.92 Å². The van der Waals surface area contributed by atoms with Gasteiger partial charge in [0.25, 0.3) is 0 Å². The van der Waals surface area contributed by atoms with Crippen molar-refractivity contribution in [3.8, 4) is 0 Å². The Hall–Kier alpha value is -1.31. The second-order valence-electron chi connectivity index (χ2n) is 3.53. The van der Waals surface area contributed by atoms with E-state index in [1.165, 1.54) is 12.1 Å². The molecular formula is C9H15N3O3S. The SMILES string of the molecule is CC(CO)Nc1ccc(N)cc1S(N)(=O)=O. The van der Waals surface area contributed by atoms with E-state index >= 15 is 0 Å². The summed E-state index contributed by atoms with van der Waals surface area (Å²) in [6.45, 7) is 1.59. The van der Waals surface area contributed by atoms with Gasteiger partial charge >= 0.3 is 0 Å². The first kappa shape index (κ1) is 12.8. The highest BCUT2D eigenvalue weighted by Crippen LogP contribution is 2.23. The van der Waals surface area contributed by atoms with Gasteiger partial charge in [0.05, 0.1) is 12.3 Å². The van der Waals surface area contributed by atoms with Crippen LogP contribution < -0.4 is 16.2 Å². The minimum Gasteiger partial charge on any atom is -0.399 e. The number of sulfonamides is 1. The third-order valence-electron chi connectivity index (χ3n) is 1.99. The molecule has 6 N–H and O–H groups in total. The lowest BCUT2D eigenvalue weighted by Gasteiger charge is -2.15. The predicted octanol–water partition coefficient (Wildman–Crippen LogP) is -0.291. The average molecular weight is 245 g/mol. The van der Waals surface area contributed by atoms with Crippen molar-refractivity contribution >= 4 is 21.4 Å². The van der Waals surface area contributed by atoms with Gasteiger partial charge in [0.1, 0.15) is 4.90 Å². The van der Waals surface area contributed by atoms with Crippen LogP contribution in [0.15, 0.2) is 23.1 Å². The van der Waals surface area contributed by atoms with Crippen molar-refractivity contribution in [2.45, 2.75) is 17.9 Å². The van der Waals surface area contributed by atoms with E-state index in [0.717, 1.165) is 0 Å². The highest BCUT2D eigenvalue weighted by Gasteiger charge is 2.15. The van der Waals surface area contributed by atoms with Crippen molar-refractivity contribution in [2.24, 2.45) is 5.14 Å². The van der Waals surface area contributed by atoms with Crippen molar-refractivity contribution in [3.05, 3.63) is 18.2 Å². The molecule has 1 aromatic carbocycles. The van der Waals surface area contributed by atoms with Gasteiger partial charge in [-0.3, -0.25) is 0 Å². The van der Waals surface area contributed by atoms with Crippen LogP contribution in [0.4, 0.5) is 11.4 Å². The smallest absolute Gasteiger partial charge is 0.240 e. The molecule has 0 aliphatic heterocycles. The van der Waals surface area contributed by atoms with Gasteiger partial charge in [-0.1, -0.05) is 0 Å². The topological polar surface area (TPSA) is 118 Å². The quantitative estimate of drug-likeness (QED) is 0.543. The molecule has 0 saturated heterocycles. The number of aliphatic hydroxyl groups excluding tert-OH is 1. The van der Waals surface area contributed by atoms with Crippen molar-refractivity contribution in [2.75, 3.05) is 17.7 Å². The molecule has 6 nitrogen and oxygen atoms in total. The van der Waals surface area contributed by atoms with Gasteiger partial charge in [-0.25, -0.2) is 13.6 Å². The van der Waals surface area contributed by atoms with Crippen LogP contribution in [0.5, 0.6) is 0 Å². The van der Waals surface area contributed by atoms with Gasteiger partial charge in [-0.05, 0) is 25.1 Å². The van der Waals surface area contributed by atoms with Crippen LogP contribution in [0.25, 0.3) is 0 Å². The number of nitrogens with two attached hydrogens (primary N) is 2. The van der Waals surface area contributed by atoms with Crippen molar-refractivity contribution < 1.29 is 13.5 Å². The Morgan fingerprint density at radius 1 is 1.50 bits per heavy atom. The summed E-state index contributed by atoms with van der Waals surface area (Å²) in [5.74, 6) is 0. The molecule has 0 amide bonds. The maximum Gasteiger partial charge on any atom is 0.240 e. The zero-order chi connectivity index (χ0) is 12.3. The molecular weight excluding hydrogens is 230 g/mol. The number of hydrogen-bond acceptors (Lipinski definition) is 5. The van der Waals surface area contributed by atoms with E-state index in [0.29, 0.717) is 11.4 Å². The van der Waals surface area contributed by atoms with Gasteiger partial charge in [-0.15, -0.1) is 0 Å². The molecule has 1 aromatic rings. The standard InChI is InChI=1S/C9H15N3O3S/c1-6(5-13)12-8-3-2-7(10)4-9(8)16(11,14)15/h2-4,6,12-13H,5,10H2,1H3,(H2,11,14,15). The fourth-order valence-corrected chi connectivity index (χ4v) is 1.94. The number of benzene rings is 1. The summed E-state index contributed by atoms with van der Waals surface area (Å²) < 4.78 is 22.6. The molecule has 1 unspecified atom stereocenters. The second-order valence-corrected chi connectivity index (χ2v) is 5.06. The molecule has 0 aromatic heterocycles.